The number of nitrogens with one attached hydrogen (secondary N) is 1. The van der Waals surface area contributed by atoms with E-state index in [-0.39, 0.29) is 11.5 Å². The van der Waals surface area contributed by atoms with Gasteiger partial charge >= 0.3 is 6.09 Å². The topological polar surface area (TPSA) is 41.6 Å². The average Bonchev–Trinajstić information content (AvgIpc) is 3.01. The predicted octanol–water partition coefficient (Wildman–Crippen LogP) is 4.49. The molecule has 3 rings (SSSR count). The summed E-state index contributed by atoms with van der Waals surface area (Å²) >= 11 is 0. The first kappa shape index (κ1) is 19.1. The molecule has 1 N–H and O–H groups in total. The average molecular weight is 342 g/mol. The Balaban J connectivity index is 0.000000511. The Morgan fingerprint density at radius 1 is 1.32 bits per heavy atom. The van der Waals surface area contributed by atoms with E-state index in [0.717, 1.165) is 44.5 Å². The molecule has 0 aliphatic carbocycles. The summed E-state index contributed by atoms with van der Waals surface area (Å²) in [5.41, 5.74) is 2.54. The van der Waals surface area contributed by atoms with Gasteiger partial charge in [-0.2, -0.15) is 0 Å². The first-order valence-electron chi connectivity index (χ1n) is 9.08. The zero-order chi connectivity index (χ0) is 18.1. The maximum atomic E-state index is 12.1. The molecule has 0 radical (unpaired) electrons. The number of rotatable bonds is 3. The molecule has 1 aromatic rings. The first-order valence-corrected chi connectivity index (χ1v) is 9.08. The lowest BCUT2D eigenvalue weighted by Gasteiger charge is -2.37. The SMILES string of the molecule is C=CCC.CC1=CC2(CCN(C(=O)OCc3ccccc3)CC2)CN1. The Hall–Kier alpha value is -2.23. The molecule has 2 aliphatic rings. The van der Waals surface area contributed by atoms with Crippen LogP contribution in [0.4, 0.5) is 4.79 Å². The summed E-state index contributed by atoms with van der Waals surface area (Å²) in [6.45, 7) is 10.6. The molecule has 0 aromatic heterocycles. The van der Waals surface area contributed by atoms with Crippen molar-refractivity contribution in [3.05, 3.63) is 60.3 Å². The van der Waals surface area contributed by atoms with Gasteiger partial charge in [0.1, 0.15) is 6.61 Å². The van der Waals surface area contributed by atoms with Crippen LogP contribution in [0.25, 0.3) is 0 Å². The molecule has 25 heavy (non-hydrogen) atoms. The van der Waals surface area contributed by atoms with E-state index in [0.29, 0.717) is 6.61 Å². The Bertz CT molecular complexity index is 587. The number of benzene rings is 1. The van der Waals surface area contributed by atoms with Crippen LogP contribution >= 0.6 is 0 Å². The largest absolute Gasteiger partial charge is 0.445 e. The third kappa shape index (κ3) is 5.66. The lowest BCUT2D eigenvalue weighted by molar-refractivity contribution is 0.0742. The van der Waals surface area contributed by atoms with Crippen molar-refractivity contribution in [2.75, 3.05) is 19.6 Å². The van der Waals surface area contributed by atoms with Crippen LogP contribution in [0.2, 0.25) is 0 Å². The number of carbonyl (C=O) groups excluding carboxylic acids is 1. The van der Waals surface area contributed by atoms with Gasteiger partial charge in [-0.15, -0.1) is 6.58 Å². The van der Waals surface area contributed by atoms with E-state index < -0.39 is 0 Å². The molecule has 4 nitrogen and oxygen atoms in total. The Labute approximate surface area is 151 Å². The second kappa shape index (κ2) is 9.30. The minimum atomic E-state index is -0.194. The van der Waals surface area contributed by atoms with Gasteiger partial charge in [-0.1, -0.05) is 49.4 Å². The van der Waals surface area contributed by atoms with Gasteiger partial charge in [-0.3, -0.25) is 0 Å². The second-order valence-electron chi connectivity index (χ2n) is 6.77. The van der Waals surface area contributed by atoms with E-state index in [1.54, 1.807) is 0 Å². The Morgan fingerprint density at radius 3 is 2.48 bits per heavy atom. The van der Waals surface area contributed by atoms with Crippen molar-refractivity contribution in [2.24, 2.45) is 5.41 Å². The number of amides is 1. The van der Waals surface area contributed by atoms with Crippen molar-refractivity contribution in [3.8, 4) is 0 Å². The van der Waals surface area contributed by atoms with E-state index in [1.807, 2.05) is 41.3 Å². The lowest BCUT2D eigenvalue weighted by atomic mass is 9.79. The number of carbonyl (C=O) groups is 1. The minimum Gasteiger partial charge on any atom is -0.445 e. The van der Waals surface area contributed by atoms with Crippen LogP contribution in [0.3, 0.4) is 0 Å². The highest BCUT2D eigenvalue weighted by Gasteiger charge is 2.37. The molecular weight excluding hydrogens is 312 g/mol. The summed E-state index contributed by atoms with van der Waals surface area (Å²) in [5, 5.41) is 3.40. The Morgan fingerprint density at radius 2 is 1.96 bits per heavy atom. The van der Waals surface area contributed by atoms with Crippen LogP contribution in [0.15, 0.2) is 54.8 Å². The number of likely N-dealkylation sites (tertiary alicyclic amines) is 1. The van der Waals surface area contributed by atoms with Crippen molar-refractivity contribution in [1.29, 1.82) is 0 Å². The summed E-state index contributed by atoms with van der Waals surface area (Å²) < 4.78 is 5.40. The fraction of sp³-hybridized carbons (Fsp3) is 0.476. The molecule has 0 bridgehead atoms. The maximum absolute atomic E-state index is 12.1. The van der Waals surface area contributed by atoms with E-state index >= 15 is 0 Å². The lowest BCUT2D eigenvalue weighted by Crippen LogP contribution is -2.44. The molecule has 0 atom stereocenters. The zero-order valence-corrected chi connectivity index (χ0v) is 15.5. The molecule has 1 fully saturated rings. The molecule has 2 aliphatic heterocycles. The molecule has 0 saturated carbocycles. The van der Waals surface area contributed by atoms with Gasteiger partial charge in [-0.05, 0) is 31.7 Å². The van der Waals surface area contributed by atoms with Gasteiger partial charge in [0.15, 0.2) is 0 Å². The van der Waals surface area contributed by atoms with Crippen LogP contribution in [0.5, 0.6) is 0 Å². The van der Waals surface area contributed by atoms with E-state index in [1.165, 1.54) is 5.70 Å². The quantitative estimate of drug-likeness (QED) is 0.823. The summed E-state index contributed by atoms with van der Waals surface area (Å²) in [5.74, 6) is 0. The van der Waals surface area contributed by atoms with Crippen LogP contribution in [-0.2, 0) is 11.3 Å². The van der Waals surface area contributed by atoms with Crippen LogP contribution in [0, 0.1) is 5.41 Å². The first-order chi connectivity index (χ1) is 12.1. The molecule has 0 unspecified atom stereocenters. The molecule has 4 heteroatoms. The summed E-state index contributed by atoms with van der Waals surface area (Å²) in [6.07, 6.45) is 7.12. The highest BCUT2D eigenvalue weighted by Crippen LogP contribution is 2.36. The van der Waals surface area contributed by atoms with E-state index in [9.17, 15) is 4.79 Å². The van der Waals surface area contributed by atoms with E-state index in [2.05, 4.69) is 31.8 Å². The molecule has 1 aromatic carbocycles. The molecule has 1 saturated heterocycles. The van der Waals surface area contributed by atoms with Gasteiger partial charge in [0.05, 0.1) is 0 Å². The van der Waals surface area contributed by atoms with Crippen molar-refractivity contribution in [3.63, 3.8) is 0 Å². The van der Waals surface area contributed by atoms with Crippen molar-refractivity contribution in [1.82, 2.24) is 10.2 Å². The fourth-order valence-electron chi connectivity index (χ4n) is 3.14. The zero-order valence-electron chi connectivity index (χ0n) is 15.5. The second-order valence-corrected chi connectivity index (χ2v) is 6.77. The van der Waals surface area contributed by atoms with Crippen molar-refractivity contribution in [2.45, 2.75) is 39.7 Å². The molecule has 1 spiro atoms. The van der Waals surface area contributed by atoms with Gasteiger partial charge in [-0.25, -0.2) is 4.79 Å². The Kier molecular flexibility index (Phi) is 7.11. The van der Waals surface area contributed by atoms with Crippen LogP contribution in [-0.4, -0.2) is 30.6 Å². The highest BCUT2D eigenvalue weighted by atomic mass is 16.6. The van der Waals surface area contributed by atoms with Crippen molar-refractivity contribution < 1.29 is 9.53 Å². The standard InChI is InChI=1S/C17H22N2O2.C4H8/c1-14-11-17(13-18-14)7-9-19(10-8-17)16(20)21-12-15-5-3-2-4-6-15;1-3-4-2/h2-6,11,18H,7-10,12-13H2,1H3;3H,1,4H2,2H3. The van der Waals surface area contributed by atoms with Gasteiger partial charge < -0.3 is 15.0 Å². The minimum absolute atomic E-state index is 0.194. The molecule has 1 amide bonds. The smallest absolute Gasteiger partial charge is 0.410 e. The van der Waals surface area contributed by atoms with Crippen LogP contribution in [0.1, 0.15) is 38.7 Å². The molecule has 136 valence electrons. The number of nitrogens with zero attached hydrogens (tertiary/aromatic N) is 1. The number of piperidine rings is 1. The van der Waals surface area contributed by atoms with Gasteiger partial charge in [0.25, 0.3) is 0 Å². The number of allylic oxidation sites excluding steroid dienone is 2. The van der Waals surface area contributed by atoms with E-state index in [4.69, 9.17) is 4.74 Å². The summed E-state index contributed by atoms with van der Waals surface area (Å²) in [4.78, 5) is 13.9. The van der Waals surface area contributed by atoms with Crippen molar-refractivity contribution >= 4 is 6.09 Å². The van der Waals surface area contributed by atoms with Gasteiger partial charge in [0.2, 0.25) is 0 Å². The number of hydrogen-bond acceptors (Lipinski definition) is 3. The highest BCUT2D eigenvalue weighted by molar-refractivity contribution is 5.67. The number of ether oxygens (including phenoxy) is 1. The number of hydrogen-bond donors (Lipinski definition) is 1. The molecular formula is C21H30N2O2. The fourth-order valence-corrected chi connectivity index (χ4v) is 3.14. The van der Waals surface area contributed by atoms with Crippen LogP contribution < -0.4 is 5.32 Å². The third-order valence-electron chi connectivity index (χ3n) is 4.75. The predicted molar refractivity (Wildman–Crippen MR) is 102 cm³/mol. The monoisotopic (exact) mass is 342 g/mol. The normalized spacial score (nSPS) is 17.8. The maximum Gasteiger partial charge on any atom is 0.410 e. The summed E-state index contributed by atoms with van der Waals surface area (Å²) in [7, 11) is 0. The molecule has 2 heterocycles. The third-order valence-corrected chi connectivity index (χ3v) is 4.75. The summed E-state index contributed by atoms with van der Waals surface area (Å²) in [6, 6.07) is 9.80. The van der Waals surface area contributed by atoms with Gasteiger partial charge in [0, 0.05) is 30.7 Å².